The first-order chi connectivity index (χ1) is 14.3. The number of hydrogen-bond donors (Lipinski definition) is 0. The SMILES string of the molecule is C[Si](C)(CCCCCC[Si](C)(C)CCC1CCC2OC2C1)CCC1CCC2OC2C1. The van der Waals surface area contributed by atoms with E-state index in [0.717, 1.165) is 11.8 Å². The standard InChI is InChI=1S/C26H50O2Si2/c1-29(2,17-13-21-9-11-23-25(19-21)27-23)15-7-5-6-8-16-30(3,4)18-14-22-10-12-24-26(20-22)28-24/h21-26H,5-20H2,1-4H3. The first kappa shape index (κ1) is 23.5. The summed E-state index contributed by atoms with van der Waals surface area (Å²) in [7, 11) is -1.94. The molecule has 2 nitrogen and oxygen atoms in total. The van der Waals surface area contributed by atoms with Gasteiger partial charge in [-0.25, -0.2) is 0 Å². The van der Waals surface area contributed by atoms with Gasteiger partial charge in [-0.05, 0) is 50.4 Å². The van der Waals surface area contributed by atoms with Crippen LogP contribution in [0.4, 0.5) is 0 Å². The van der Waals surface area contributed by atoms with Gasteiger partial charge in [-0.15, -0.1) is 0 Å². The van der Waals surface area contributed by atoms with Gasteiger partial charge >= 0.3 is 0 Å². The van der Waals surface area contributed by atoms with Gasteiger partial charge in [-0.2, -0.15) is 0 Å². The highest BCUT2D eigenvalue weighted by molar-refractivity contribution is 6.77. The van der Waals surface area contributed by atoms with Crippen molar-refractivity contribution in [1.29, 1.82) is 0 Å². The molecule has 2 aliphatic carbocycles. The predicted molar refractivity (Wildman–Crippen MR) is 134 cm³/mol. The van der Waals surface area contributed by atoms with Gasteiger partial charge in [0.05, 0.1) is 24.4 Å². The Kier molecular flexibility index (Phi) is 7.91. The second-order valence-corrected chi connectivity index (χ2v) is 23.8. The third-order valence-corrected chi connectivity index (χ3v) is 15.8. The maximum atomic E-state index is 5.73. The maximum absolute atomic E-state index is 5.73. The zero-order valence-electron chi connectivity index (χ0n) is 20.6. The molecule has 0 aromatic rings. The monoisotopic (exact) mass is 450 g/mol. The fraction of sp³-hybridized carbons (Fsp3) is 1.00. The van der Waals surface area contributed by atoms with Crippen molar-refractivity contribution in [3.05, 3.63) is 0 Å². The highest BCUT2D eigenvalue weighted by Gasteiger charge is 2.44. The zero-order chi connectivity index (χ0) is 21.2. The summed E-state index contributed by atoms with van der Waals surface area (Å²) in [6.07, 6.45) is 20.0. The molecule has 174 valence electrons. The Morgan fingerprint density at radius 3 is 1.37 bits per heavy atom. The van der Waals surface area contributed by atoms with Crippen molar-refractivity contribution in [3.63, 3.8) is 0 Å². The summed E-state index contributed by atoms with van der Waals surface area (Å²) >= 11 is 0. The number of fused-ring (bicyclic) bond motifs is 2. The van der Waals surface area contributed by atoms with E-state index in [1.165, 1.54) is 77.0 Å². The number of hydrogen-bond acceptors (Lipinski definition) is 2. The average molecular weight is 451 g/mol. The average Bonchev–Trinajstić information content (AvgIpc) is 3.61. The first-order valence-electron chi connectivity index (χ1n) is 13.6. The Balaban J connectivity index is 1.00. The molecule has 4 heteroatoms. The van der Waals surface area contributed by atoms with Gasteiger partial charge in [0.15, 0.2) is 0 Å². The summed E-state index contributed by atoms with van der Waals surface area (Å²) in [5.74, 6) is 1.97. The fourth-order valence-electron chi connectivity index (χ4n) is 6.50. The molecular formula is C26H50O2Si2. The Hall–Kier alpha value is 0.354. The molecule has 2 saturated carbocycles. The molecule has 0 aromatic heterocycles. The predicted octanol–water partition coefficient (Wildman–Crippen LogP) is 7.88. The minimum absolute atomic E-state index is 0.670. The van der Waals surface area contributed by atoms with E-state index in [-0.39, 0.29) is 0 Å². The van der Waals surface area contributed by atoms with Gasteiger partial charge < -0.3 is 9.47 Å². The van der Waals surface area contributed by atoms with Crippen LogP contribution in [0.25, 0.3) is 0 Å². The highest BCUT2D eigenvalue weighted by Crippen LogP contribution is 2.43. The second-order valence-electron chi connectivity index (χ2n) is 13.1. The number of ether oxygens (including phenoxy) is 2. The van der Waals surface area contributed by atoms with E-state index in [2.05, 4.69) is 26.2 Å². The van der Waals surface area contributed by atoms with Crippen molar-refractivity contribution in [3.8, 4) is 0 Å². The topological polar surface area (TPSA) is 25.1 Å². The van der Waals surface area contributed by atoms with Crippen LogP contribution in [0.1, 0.15) is 77.0 Å². The van der Waals surface area contributed by atoms with Crippen LogP contribution in [-0.4, -0.2) is 40.6 Å². The van der Waals surface area contributed by atoms with Gasteiger partial charge in [-0.1, -0.05) is 88.9 Å². The Morgan fingerprint density at radius 2 is 0.967 bits per heavy atom. The normalized spacial score (nSPS) is 35.6. The van der Waals surface area contributed by atoms with E-state index < -0.39 is 16.1 Å². The maximum Gasteiger partial charge on any atom is 0.0844 e. The third kappa shape index (κ3) is 7.45. The molecule has 4 aliphatic rings. The van der Waals surface area contributed by atoms with Crippen LogP contribution in [0.5, 0.6) is 0 Å². The van der Waals surface area contributed by atoms with E-state index in [0.29, 0.717) is 24.4 Å². The van der Waals surface area contributed by atoms with Gasteiger partial charge in [0.25, 0.3) is 0 Å². The van der Waals surface area contributed by atoms with E-state index in [1.807, 2.05) is 0 Å². The number of rotatable bonds is 13. The largest absolute Gasteiger partial charge is 0.370 e. The van der Waals surface area contributed by atoms with E-state index >= 15 is 0 Å². The quantitative estimate of drug-likeness (QED) is 0.162. The number of unbranched alkanes of at least 4 members (excludes halogenated alkanes) is 3. The van der Waals surface area contributed by atoms with Crippen molar-refractivity contribution in [1.82, 2.24) is 0 Å². The van der Waals surface area contributed by atoms with Crippen LogP contribution < -0.4 is 0 Å². The first-order valence-corrected chi connectivity index (χ1v) is 20.4. The third-order valence-electron chi connectivity index (χ3n) is 9.14. The van der Waals surface area contributed by atoms with E-state index in [4.69, 9.17) is 9.47 Å². The molecule has 2 aliphatic heterocycles. The summed E-state index contributed by atoms with van der Waals surface area (Å²) in [6, 6.07) is 6.25. The lowest BCUT2D eigenvalue weighted by Gasteiger charge is -2.27. The highest BCUT2D eigenvalue weighted by atomic mass is 28.3. The molecule has 0 N–H and O–H groups in total. The second kappa shape index (κ2) is 10.1. The van der Waals surface area contributed by atoms with Gasteiger partial charge in [0.1, 0.15) is 0 Å². The van der Waals surface area contributed by atoms with Crippen LogP contribution in [0.15, 0.2) is 0 Å². The Morgan fingerprint density at radius 1 is 0.533 bits per heavy atom. The molecular weight excluding hydrogens is 400 g/mol. The van der Waals surface area contributed by atoms with Crippen LogP contribution >= 0.6 is 0 Å². The van der Waals surface area contributed by atoms with Crippen LogP contribution in [-0.2, 0) is 9.47 Å². The molecule has 2 heterocycles. The molecule has 30 heavy (non-hydrogen) atoms. The lowest BCUT2D eigenvalue weighted by Crippen LogP contribution is -2.27. The molecule has 0 radical (unpaired) electrons. The molecule has 0 spiro atoms. The van der Waals surface area contributed by atoms with Crippen molar-refractivity contribution in [2.45, 2.75) is 152 Å². The summed E-state index contributed by atoms with van der Waals surface area (Å²) < 4.78 is 11.5. The minimum atomic E-state index is -0.969. The lowest BCUT2D eigenvalue weighted by molar-refractivity contribution is 0.356. The molecule has 2 saturated heterocycles. The van der Waals surface area contributed by atoms with E-state index in [9.17, 15) is 0 Å². The van der Waals surface area contributed by atoms with Crippen molar-refractivity contribution < 1.29 is 9.47 Å². The summed E-state index contributed by atoms with van der Waals surface area (Å²) in [5, 5.41) is 0. The van der Waals surface area contributed by atoms with Crippen LogP contribution in [0, 0.1) is 11.8 Å². The molecule has 0 amide bonds. The molecule has 6 unspecified atom stereocenters. The molecule has 0 bridgehead atoms. The summed E-state index contributed by atoms with van der Waals surface area (Å²) in [5.41, 5.74) is 0. The van der Waals surface area contributed by atoms with Crippen LogP contribution in [0.3, 0.4) is 0 Å². The minimum Gasteiger partial charge on any atom is -0.370 e. The summed E-state index contributed by atoms with van der Waals surface area (Å²) in [4.78, 5) is 0. The van der Waals surface area contributed by atoms with Crippen molar-refractivity contribution in [2.75, 3.05) is 0 Å². The van der Waals surface area contributed by atoms with Crippen LogP contribution in [0.2, 0.25) is 50.4 Å². The Labute approximate surface area is 189 Å². The zero-order valence-corrected chi connectivity index (χ0v) is 22.6. The van der Waals surface area contributed by atoms with Gasteiger partial charge in [-0.3, -0.25) is 0 Å². The van der Waals surface area contributed by atoms with Crippen molar-refractivity contribution >= 4 is 16.1 Å². The van der Waals surface area contributed by atoms with E-state index in [1.54, 1.807) is 24.2 Å². The molecule has 6 atom stereocenters. The Bertz CT molecular complexity index is 501. The number of epoxide rings is 2. The van der Waals surface area contributed by atoms with Gasteiger partial charge in [0.2, 0.25) is 0 Å². The smallest absolute Gasteiger partial charge is 0.0844 e. The fourth-order valence-corrected chi connectivity index (χ4v) is 11.8. The molecule has 4 fully saturated rings. The summed E-state index contributed by atoms with van der Waals surface area (Å²) in [6.45, 7) is 10.6. The lowest BCUT2D eigenvalue weighted by atomic mass is 9.87. The van der Waals surface area contributed by atoms with Crippen molar-refractivity contribution in [2.24, 2.45) is 11.8 Å². The van der Waals surface area contributed by atoms with Gasteiger partial charge in [0, 0.05) is 16.1 Å². The molecule has 0 aromatic carbocycles. The molecule has 4 rings (SSSR count).